The maximum atomic E-state index is 2.57. The third-order valence-electron chi connectivity index (χ3n) is 18.8. The van der Waals surface area contributed by atoms with Crippen LogP contribution >= 0.6 is 11.3 Å². The van der Waals surface area contributed by atoms with E-state index in [2.05, 4.69) is 362 Å². The van der Waals surface area contributed by atoms with Crippen LogP contribution < -0.4 is 9.80 Å². The number of nitrogens with zero attached hydrogens (tertiary/aromatic N) is 2. The van der Waals surface area contributed by atoms with Crippen molar-refractivity contribution in [1.82, 2.24) is 0 Å². The van der Waals surface area contributed by atoms with E-state index in [9.17, 15) is 0 Å². The first-order valence-electron chi connectivity index (χ1n) is 30.7. The molecule has 0 amide bonds. The Bertz CT molecular complexity index is 4790. The van der Waals surface area contributed by atoms with Gasteiger partial charge in [0.05, 0.1) is 26.9 Å². The molecule has 0 saturated carbocycles. The molecule has 14 aromatic carbocycles. The summed E-state index contributed by atoms with van der Waals surface area (Å²) in [6, 6.07) is 131. The van der Waals surface area contributed by atoms with Crippen LogP contribution in [0.3, 0.4) is 0 Å². The SMILES string of the molecule is c1ccc(-c2cccc(N(c3cccc(-c4ccccc4)c3)c3ccc(N(c4ccc5c(c4)-c4ccccc4C5(c4ccccc4)c4ccccc4)c4ccc5c(c4)-c4ccccc4C5(c4ccccc4)c4ccccc4)c4sc5ccccc5c34)c2)cc1. The van der Waals surface area contributed by atoms with E-state index in [-0.39, 0.29) is 0 Å². The zero-order valence-corrected chi connectivity index (χ0v) is 49.6. The van der Waals surface area contributed by atoms with E-state index in [0.717, 1.165) is 45.3 Å². The van der Waals surface area contributed by atoms with Crippen LogP contribution in [0.5, 0.6) is 0 Å². The van der Waals surface area contributed by atoms with Crippen LogP contribution in [0.25, 0.3) is 64.7 Å². The van der Waals surface area contributed by atoms with Crippen LogP contribution in [0.4, 0.5) is 34.1 Å². The number of hydrogen-bond donors (Lipinski definition) is 0. The zero-order chi connectivity index (χ0) is 58.9. The molecule has 0 atom stereocenters. The van der Waals surface area contributed by atoms with Crippen molar-refractivity contribution in [1.29, 1.82) is 0 Å². The predicted molar refractivity (Wildman–Crippen MR) is 374 cm³/mol. The summed E-state index contributed by atoms with van der Waals surface area (Å²) >= 11 is 1.88. The van der Waals surface area contributed by atoms with E-state index in [1.807, 2.05) is 11.3 Å². The Balaban J connectivity index is 0.944. The van der Waals surface area contributed by atoms with Crippen LogP contribution in [-0.2, 0) is 10.8 Å². The Labute approximate surface area is 523 Å². The molecule has 0 saturated heterocycles. The molecule has 2 aliphatic rings. The first kappa shape index (κ1) is 52.2. The second-order valence-corrected chi connectivity index (χ2v) is 24.5. The maximum Gasteiger partial charge on any atom is 0.0713 e. The molecule has 15 aromatic rings. The smallest absolute Gasteiger partial charge is 0.0713 e. The molecule has 0 N–H and O–H groups in total. The van der Waals surface area contributed by atoms with E-state index in [4.69, 9.17) is 0 Å². The van der Waals surface area contributed by atoms with Crippen molar-refractivity contribution in [2.75, 3.05) is 9.80 Å². The lowest BCUT2D eigenvalue weighted by atomic mass is 9.67. The highest BCUT2D eigenvalue weighted by Gasteiger charge is 2.48. The average molecular weight is 1150 g/mol. The maximum absolute atomic E-state index is 2.57. The van der Waals surface area contributed by atoms with Crippen molar-refractivity contribution in [3.05, 3.63) is 396 Å². The van der Waals surface area contributed by atoms with Gasteiger partial charge < -0.3 is 9.80 Å². The highest BCUT2D eigenvalue weighted by Crippen LogP contribution is 2.61. The van der Waals surface area contributed by atoms with Gasteiger partial charge in [0.15, 0.2) is 0 Å². The molecular weight excluding hydrogens is 1090 g/mol. The molecule has 0 spiro atoms. The normalized spacial score (nSPS) is 13.1. The van der Waals surface area contributed by atoms with E-state index < -0.39 is 10.8 Å². The van der Waals surface area contributed by atoms with Gasteiger partial charge in [-0.15, -0.1) is 11.3 Å². The lowest BCUT2D eigenvalue weighted by Gasteiger charge is -2.35. The third kappa shape index (κ3) is 8.23. The number of anilines is 6. The summed E-state index contributed by atoms with van der Waals surface area (Å²) in [6.45, 7) is 0. The van der Waals surface area contributed by atoms with Crippen molar-refractivity contribution in [3.8, 4) is 44.5 Å². The molecule has 418 valence electrons. The van der Waals surface area contributed by atoms with Crippen molar-refractivity contribution >= 4 is 65.6 Å². The minimum atomic E-state index is -0.549. The van der Waals surface area contributed by atoms with Crippen LogP contribution in [0.15, 0.2) is 352 Å². The van der Waals surface area contributed by atoms with Gasteiger partial charge in [-0.25, -0.2) is 0 Å². The number of fused-ring (bicyclic) bond motifs is 9. The van der Waals surface area contributed by atoms with Crippen molar-refractivity contribution in [3.63, 3.8) is 0 Å². The number of rotatable bonds is 12. The molecular formula is C86H58N2S. The second kappa shape index (κ2) is 21.4. The lowest BCUT2D eigenvalue weighted by Crippen LogP contribution is -2.28. The molecule has 89 heavy (non-hydrogen) atoms. The minimum absolute atomic E-state index is 0.549. The first-order chi connectivity index (χ1) is 44.2. The van der Waals surface area contributed by atoms with E-state index >= 15 is 0 Å². The molecule has 1 aromatic heterocycles. The van der Waals surface area contributed by atoms with Gasteiger partial charge in [0, 0.05) is 38.2 Å². The van der Waals surface area contributed by atoms with Crippen molar-refractivity contribution in [2.45, 2.75) is 10.8 Å². The molecule has 1 heterocycles. The lowest BCUT2D eigenvalue weighted by molar-refractivity contribution is 0.768. The summed E-state index contributed by atoms with van der Waals surface area (Å²) in [5.41, 5.74) is 25.1. The summed E-state index contributed by atoms with van der Waals surface area (Å²) in [5, 5.41) is 2.41. The van der Waals surface area contributed by atoms with Crippen molar-refractivity contribution in [2.24, 2.45) is 0 Å². The summed E-state index contributed by atoms with van der Waals surface area (Å²) in [5.74, 6) is 0. The largest absolute Gasteiger partial charge is 0.310 e. The topological polar surface area (TPSA) is 6.48 Å². The molecule has 2 aliphatic carbocycles. The van der Waals surface area contributed by atoms with Gasteiger partial charge in [0.1, 0.15) is 0 Å². The number of thiophene rings is 1. The Morgan fingerprint density at radius 3 is 1.04 bits per heavy atom. The third-order valence-corrected chi connectivity index (χ3v) is 20.0. The van der Waals surface area contributed by atoms with Gasteiger partial charge in [-0.3, -0.25) is 0 Å². The Morgan fingerprint density at radius 2 is 0.584 bits per heavy atom. The number of hydrogen-bond acceptors (Lipinski definition) is 3. The summed E-state index contributed by atoms with van der Waals surface area (Å²) in [6.07, 6.45) is 0. The monoisotopic (exact) mass is 1150 g/mol. The van der Waals surface area contributed by atoms with E-state index in [1.54, 1.807) is 0 Å². The molecule has 0 unspecified atom stereocenters. The fourth-order valence-electron chi connectivity index (χ4n) is 15.1. The second-order valence-electron chi connectivity index (χ2n) is 23.4. The van der Waals surface area contributed by atoms with E-state index in [1.165, 1.54) is 98.1 Å². The molecule has 2 nitrogen and oxygen atoms in total. The van der Waals surface area contributed by atoms with Gasteiger partial charge in [-0.2, -0.15) is 0 Å². The molecule has 0 fully saturated rings. The predicted octanol–water partition coefficient (Wildman–Crippen LogP) is 23.1. The quantitative estimate of drug-likeness (QED) is 0.120. The van der Waals surface area contributed by atoms with Gasteiger partial charge in [-0.05, 0) is 156 Å². The Morgan fingerprint density at radius 1 is 0.236 bits per heavy atom. The molecule has 0 radical (unpaired) electrons. The summed E-state index contributed by atoms with van der Waals surface area (Å²) in [4.78, 5) is 5.06. The molecule has 17 rings (SSSR count). The fraction of sp³-hybridized carbons (Fsp3) is 0.0233. The van der Waals surface area contributed by atoms with Gasteiger partial charge in [-0.1, -0.05) is 285 Å². The Hall–Kier alpha value is -11.1. The average Bonchev–Trinajstić information content (AvgIpc) is 1.58. The highest BCUT2D eigenvalue weighted by atomic mass is 32.1. The highest BCUT2D eigenvalue weighted by molar-refractivity contribution is 7.26. The Kier molecular flexibility index (Phi) is 12.6. The standard InChI is InChI=1S/C86H58N2S/c1-7-27-59(28-8-1)61-31-25-41-67(55-61)87(68-42-26-32-62(56-68)60-29-9-2-10-30-60)80-53-54-81(84-83(80)73-45-21-24-48-82(73)89-84)88(69-49-51-78-74(57-69)71-43-19-22-46-76(71)85(78,63-33-11-3-12-34-63)64-35-13-4-14-36-64)70-50-52-79-75(58-70)72-44-20-23-47-77(72)86(79,65-37-15-5-16-38-65)66-39-17-6-18-40-66/h1-58H. The van der Waals surface area contributed by atoms with Crippen molar-refractivity contribution < 1.29 is 0 Å². The number of benzene rings is 14. The summed E-state index contributed by atoms with van der Waals surface area (Å²) in [7, 11) is 0. The molecule has 0 aliphatic heterocycles. The molecule has 0 bridgehead atoms. The molecule has 3 heteroatoms. The van der Waals surface area contributed by atoms with Crippen LogP contribution in [0, 0.1) is 0 Å². The van der Waals surface area contributed by atoms with Gasteiger partial charge >= 0.3 is 0 Å². The zero-order valence-electron chi connectivity index (χ0n) is 48.8. The van der Waals surface area contributed by atoms with Crippen LogP contribution in [0.2, 0.25) is 0 Å². The summed E-state index contributed by atoms with van der Waals surface area (Å²) < 4.78 is 2.42. The van der Waals surface area contributed by atoms with Crippen LogP contribution in [0.1, 0.15) is 44.5 Å². The fourth-order valence-corrected chi connectivity index (χ4v) is 16.3. The van der Waals surface area contributed by atoms with Gasteiger partial charge in [0.25, 0.3) is 0 Å². The minimum Gasteiger partial charge on any atom is -0.310 e. The van der Waals surface area contributed by atoms with Crippen LogP contribution in [-0.4, -0.2) is 0 Å². The first-order valence-corrected chi connectivity index (χ1v) is 31.5. The van der Waals surface area contributed by atoms with Gasteiger partial charge in [0.2, 0.25) is 0 Å². The van der Waals surface area contributed by atoms with E-state index in [0.29, 0.717) is 0 Å².